The van der Waals surface area contributed by atoms with Crippen LogP contribution in [0.5, 0.6) is 0 Å². The molecule has 3 nitrogen and oxygen atoms in total. The molecular weight excluding hydrogens is 143 g/mol. The standard InChI is InChI=1S/C7H13BO3/c1-6(8(9)10)7-4-2-3-5-11-7/h7,9-10H,1-5H2. The van der Waals surface area contributed by atoms with Crippen LogP contribution in [0.4, 0.5) is 0 Å². The third-order valence-electron chi connectivity index (χ3n) is 1.92. The molecule has 1 atom stereocenters. The van der Waals surface area contributed by atoms with Crippen LogP contribution < -0.4 is 0 Å². The van der Waals surface area contributed by atoms with E-state index in [1.54, 1.807) is 0 Å². The molecular formula is C7H13BO3. The number of hydrogen-bond donors (Lipinski definition) is 2. The highest BCUT2D eigenvalue weighted by atomic mass is 16.5. The minimum absolute atomic E-state index is 0.149. The number of ether oxygens (including phenoxy) is 1. The van der Waals surface area contributed by atoms with Gasteiger partial charge >= 0.3 is 7.12 Å². The molecule has 1 heterocycles. The Labute approximate surface area is 66.8 Å². The van der Waals surface area contributed by atoms with Gasteiger partial charge in [0, 0.05) is 6.61 Å². The third kappa shape index (κ3) is 2.32. The van der Waals surface area contributed by atoms with E-state index in [9.17, 15) is 0 Å². The molecule has 4 heteroatoms. The largest absolute Gasteiger partial charge is 0.486 e. The molecule has 62 valence electrons. The van der Waals surface area contributed by atoms with Gasteiger partial charge in [-0.15, -0.1) is 6.58 Å². The lowest BCUT2D eigenvalue weighted by molar-refractivity contribution is 0.0415. The van der Waals surface area contributed by atoms with Crippen molar-refractivity contribution in [2.75, 3.05) is 6.61 Å². The van der Waals surface area contributed by atoms with Gasteiger partial charge in [0.15, 0.2) is 0 Å². The van der Waals surface area contributed by atoms with Crippen LogP contribution in [0.25, 0.3) is 0 Å². The fraction of sp³-hybridized carbons (Fsp3) is 0.714. The molecule has 1 aliphatic heterocycles. The van der Waals surface area contributed by atoms with Gasteiger partial charge in [0.25, 0.3) is 0 Å². The van der Waals surface area contributed by atoms with Crippen LogP contribution in [0.15, 0.2) is 12.1 Å². The van der Waals surface area contributed by atoms with E-state index in [-0.39, 0.29) is 6.10 Å². The van der Waals surface area contributed by atoms with E-state index in [1.165, 1.54) is 0 Å². The second kappa shape index (κ2) is 3.90. The van der Waals surface area contributed by atoms with Gasteiger partial charge in [-0.2, -0.15) is 0 Å². The van der Waals surface area contributed by atoms with Crippen LogP contribution in [-0.4, -0.2) is 29.9 Å². The molecule has 11 heavy (non-hydrogen) atoms. The highest BCUT2D eigenvalue weighted by Gasteiger charge is 2.24. The molecule has 0 saturated carbocycles. The Hall–Kier alpha value is -0.315. The fourth-order valence-electron chi connectivity index (χ4n) is 1.20. The van der Waals surface area contributed by atoms with Crippen molar-refractivity contribution < 1.29 is 14.8 Å². The average Bonchev–Trinajstić information content (AvgIpc) is 2.05. The van der Waals surface area contributed by atoms with E-state index >= 15 is 0 Å². The monoisotopic (exact) mass is 156 g/mol. The Bertz CT molecular complexity index is 141. The van der Waals surface area contributed by atoms with E-state index in [0.29, 0.717) is 12.1 Å². The minimum Gasteiger partial charge on any atom is -0.423 e. The van der Waals surface area contributed by atoms with Gasteiger partial charge in [-0.1, -0.05) is 0 Å². The quantitative estimate of drug-likeness (QED) is 0.558. The van der Waals surface area contributed by atoms with Gasteiger partial charge in [0.1, 0.15) is 0 Å². The van der Waals surface area contributed by atoms with Gasteiger partial charge in [-0.25, -0.2) is 0 Å². The molecule has 1 fully saturated rings. The molecule has 0 aliphatic carbocycles. The lowest BCUT2D eigenvalue weighted by atomic mass is 9.75. The number of rotatable bonds is 2. The topological polar surface area (TPSA) is 49.7 Å². The van der Waals surface area contributed by atoms with Crippen LogP contribution in [0, 0.1) is 0 Å². The molecule has 0 aromatic heterocycles. The maximum Gasteiger partial charge on any atom is 0.486 e. The predicted octanol–water partition coefficient (Wildman–Crippen LogP) is 0.124. The van der Waals surface area contributed by atoms with Crippen molar-refractivity contribution in [2.24, 2.45) is 0 Å². The molecule has 0 aromatic carbocycles. The minimum atomic E-state index is -1.43. The second-order valence-corrected chi connectivity index (χ2v) is 2.80. The first-order valence-electron chi connectivity index (χ1n) is 3.88. The summed E-state index contributed by atoms with van der Waals surface area (Å²) in [6.07, 6.45) is 2.85. The fourth-order valence-corrected chi connectivity index (χ4v) is 1.20. The lowest BCUT2D eigenvalue weighted by Gasteiger charge is -2.23. The highest BCUT2D eigenvalue weighted by Crippen LogP contribution is 2.18. The zero-order chi connectivity index (χ0) is 8.27. The average molecular weight is 156 g/mol. The molecule has 1 unspecified atom stereocenters. The molecule has 0 bridgehead atoms. The summed E-state index contributed by atoms with van der Waals surface area (Å²) in [4.78, 5) is 0. The molecule has 0 amide bonds. The highest BCUT2D eigenvalue weighted by molar-refractivity contribution is 6.50. The van der Waals surface area contributed by atoms with Crippen molar-refractivity contribution in [3.63, 3.8) is 0 Å². The van der Waals surface area contributed by atoms with Crippen LogP contribution in [0.2, 0.25) is 0 Å². The van der Waals surface area contributed by atoms with Crippen LogP contribution in [0.3, 0.4) is 0 Å². The summed E-state index contributed by atoms with van der Waals surface area (Å²) in [5.74, 6) is 0. The Morgan fingerprint density at radius 3 is 2.64 bits per heavy atom. The SMILES string of the molecule is C=C(B(O)O)C1CCCCO1. The molecule has 1 aliphatic rings. The molecule has 1 rings (SSSR count). The molecule has 1 saturated heterocycles. The third-order valence-corrected chi connectivity index (χ3v) is 1.92. The summed E-state index contributed by atoms with van der Waals surface area (Å²) in [6, 6.07) is 0. The van der Waals surface area contributed by atoms with Gasteiger partial charge in [-0.3, -0.25) is 0 Å². The molecule has 0 aromatic rings. The van der Waals surface area contributed by atoms with Crippen molar-refractivity contribution in [3.8, 4) is 0 Å². The zero-order valence-corrected chi connectivity index (χ0v) is 6.49. The predicted molar refractivity (Wildman–Crippen MR) is 42.9 cm³/mol. The van der Waals surface area contributed by atoms with E-state index in [1.807, 2.05) is 0 Å². The van der Waals surface area contributed by atoms with Crippen molar-refractivity contribution >= 4 is 7.12 Å². The Kier molecular flexibility index (Phi) is 3.11. The zero-order valence-electron chi connectivity index (χ0n) is 6.49. The van der Waals surface area contributed by atoms with Crippen molar-refractivity contribution in [1.82, 2.24) is 0 Å². The summed E-state index contributed by atoms with van der Waals surface area (Å²) in [5, 5.41) is 17.5. The molecule has 0 spiro atoms. The lowest BCUT2D eigenvalue weighted by Crippen LogP contribution is -2.30. The first kappa shape index (κ1) is 8.78. The summed E-state index contributed by atoms with van der Waals surface area (Å²) in [6.45, 7) is 4.26. The van der Waals surface area contributed by atoms with E-state index in [4.69, 9.17) is 14.8 Å². The van der Waals surface area contributed by atoms with Crippen LogP contribution in [0.1, 0.15) is 19.3 Å². The maximum atomic E-state index is 8.75. The Balaban J connectivity index is 2.39. The van der Waals surface area contributed by atoms with E-state index < -0.39 is 7.12 Å². The van der Waals surface area contributed by atoms with Crippen molar-refractivity contribution in [1.29, 1.82) is 0 Å². The van der Waals surface area contributed by atoms with E-state index in [0.717, 1.165) is 19.3 Å². The van der Waals surface area contributed by atoms with Gasteiger partial charge in [0.05, 0.1) is 6.10 Å². The first-order chi connectivity index (χ1) is 5.22. The number of hydrogen-bond acceptors (Lipinski definition) is 3. The van der Waals surface area contributed by atoms with Gasteiger partial charge in [0.2, 0.25) is 0 Å². The van der Waals surface area contributed by atoms with Crippen molar-refractivity contribution in [2.45, 2.75) is 25.4 Å². The molecule has 2 N–H and O–H groups in total. The van der Waals surface area contributed by atoms with E-state index in [2.05, 4.69) is 6.58 Å². The summed E-state index contributed by atoms with van der Waals surface area (Å²) in [5.41, 5.74) is 0.379. The smallest absolute Gasteiger partial charge is 0.423 e. The maximum absolute atomic E-state index is 8.75. The summed E-state index contributed by atoms with van der Waals surface area (Å²) < 4.78 is 5.28. The van der Waals surface area contributed by atoms with Crippen LogP contribution in [-0.2, 0) is 4.74 Å². The normalized spacial score (nSPS) is 24.7. The summed E-state index contributed by atoms with van der Waals surface area (Å²) in [7, 11) is -1.43. The summed E-state index contributed by atoms with van der Waals surface area (Å²) >= 11 is 0. The van der Waals surface area contributed by atoms with Crippen molar-refractivity contribution in [3.05, 3.63) is 12.1 Å². The molecule has 0 radical (unpaired) electrons. The Morgan fingerprint density at radius 2 is 2.18 bits per heavy atom. The van der Waals surface area contributed by atoms with Gasteiger partial charge in [-0.05, 0) is 24.7 Å². The Morgan fingerprint density at radius 1 is 1.45 bits per heavy atom. The first-order valence-corrected chi connectivity index (χ1v) is 3.88. The second-order valence-electron chi connectivity index (χ2n) is 2.80. The van der Waals surface area contributed by atoms with Gasteiger partial charge < -0.3 is 14.8 Å². The van der Waals surface area contributed by atoms with Crippen LogP contribution >= 0.6 is 0 Å².